The number of rotatable bonds is 3. The summed E-state index contributed by atoms with van der Waals surface area (Å²) in [5.41, 5.74) is 1.21. The van der Waals surface area contributed by atoms with Gasteiger partial charge < -0.3 is 4.98 Å². The second-order valence-corrected chi connectivity index (χ2v) is 5.63. The third-order valence-corrected chi connectivity index (χ3v) is 4.61. The summed E-state index contributed by atoms with van der Waals surface area (Å²) >= 11 is 8.83. The van der Waals surface area contributed by atoms with Gasteiger partial charge in [0, 0.05) is 11.6 Å². The van der Waals surface area contributed by atoms with Crippen molar-refractivity contribution in [3.63, 3.8) is 0 Å². The first-order chi connectivity index (χ1) is 7.72. The zero-order valence-electron chi connectivity index (χ0n) is 9.55. The molecule has 1 aromatic heterocycles. The van der Waals surface area contributed by atoms with Crippen LogP contribution in [-0.2, 0) is 6.42 Å². The van der Waals surface area contributed by atoms with E-state index < -0.39 is 0 Å². The summed E-state index contributed by atoms with van der Waals surface area (Å²) in [6.07, 6.45) is 7.32. The Morgan fingerprint density at radius 2 is 2.12 bits per heavy atom. The molecule has 0 radical (unpaired) electrons. The molecule has 16 heavy (non-hydrogen) atoms. The van der Waals surface area contributed by atoms with E-state index in [1.807, 2.05) is 0 Å². The van der Waals surface area contributed by atoms with Gasteiger partial charge in [-0.1, -0.05) is 38.4 Å². The summed E-state index contributed by atoms with van der Waals surface area (Å²) in [5.74, 6) is 1.71. The zero-order chi connectivity index (χ0) is 11.5. The third-order valence-electron chi connectivity index (χ3n) is 3.20. The third kappa shape index (κ3) is 2.54. The number of hydrogen-bond donors (Lipinski definition) is 1. The Labute approximate surface area is 110 Å². The Bertz CT molecular complexity index is 422. The molecule has 0 amide bonds. The predicted molar refractivity (Wildman–Crippen MR) is 72.3 cm³/mol. The van der Waals surface area contributed by atoms with Crippen LogP contribution < -0.4 is 0 Å². The SMILES string of the molecule is CCCc1[nH]c(C2CCCC2)nc(=S)c1Br. The van der Waals surface area contributed by atoms with Crippen molar-refractivity contribution >= 4 is 28.1 Å². The summed E-state index contributed by atoms with van der Waals surface area (Å²) in [5, 5.41) is 0. The maximum atomic E-state index is 5.30. The molecule has 1 aromatic rings. The van der Waals surface area contributed by atoms with Crippen LogP contribution in [0.15, 0.2) is 4.47 Å². The van der Waals surface area contributed by atoms with Crippen LogP contribution in [0.1, 0.15) is 56.5 Å². The smallest absolute Gasteiger partial charge is 0.144 e. The first-order valence-electron chi connectivity index (χ1n) is 6.01. The molecular formula is C12H17BrN2S. The molecule has 0 aliphatic heterocycles. The van der Waals surface area contributed by atoms with Gasteiger partial charge in [0.05, 0.1) is 4.47 Å². The summed E-state index contributed by atoms with van der Waals surface area (Å²) in [4.78, 5) is 7.98. The monoisotopic (exact) mass is 300 g/mol. The molecule has 1 aliphatic carbocycles. The number of hydrogen-bond acceptors (Lipinski definition) is 2. The standard InChI is InChI=1S/C12H17BrN2S/c1-2-5-9-10(13)12(16)15-11(14-9)8-6-3-4-7-8/h8H,2-7H2,1H3,(H,14,15,16). The molecule has 0 saturated heterocycles. The van der Waals surface area contributed by atoms with Gasteiger partial charge in [-0.15, -0.1) is 0 Å². The van der Waals surface area contributed by atoms with Crippen LogP contribution in [0, 0.1) is 4.64 Å². The first-order valence-corrected chi connectivity index (χ1v) is 7.21. The minimum Gasteiger partial charge on any atom is -0.346 e. The Morgan fingerprint density at radius 1 is 1.44 bits per heavy atom. The Morgan fingerprint density at radius 3 is 2.75 bits per heavy atom. The average molecular weight is 301 g/mol. The normalized spacial score (nSPS) is 16.9. The summed E-state index contributed by atoms with van der Waals surface area (Å²) < 4.78 is 1.69. The molecule has 0 unspecified atom stereocenters. The highest BCUT2D eigenvalue weighted by molar-refractivity contribution is 9.10. The van der Waals surface area contributed by atoms with Crippen molar-refractivity contribution in [3.8, 4) is 0 Å². The molecule has 2 rings (SSSR count). The molecule has 1 saturated carbocycles. The number of nitrogens with zero attached hydrogens (tertiary/aromatic N) is 1. The van der Waals surface area contributed by atoms with E-state index in [1.54, 1.807) is 0 Å². The first kappa shape index (κ1) is 12.2. The Balaban J connectivity index is 2.35. The van der Waals surface area contributed by atoms with E-state index in [2.05, 4.69) is 32.8 Å². The van der Waals surface area contributed by atoms with Crippen molar-refractivity contribution < 1.29 is 0 Å². The summed E-state index contributed by atoms with van der Waals surface area (Å²) in [6, 6.07) is 0. The van der Waals surface area contributed by atoms with Gasteiger partial charge in [-0.25, -0.2) is 4.98 Å². The lowest BCUT2D eigenvalue weighted by atomic mass is 10.1. The van der Waals surface area contributed by atoms with Crippen molar-refractivity contribution in [1.29, 1.82) is 0 Å². The molecule has 0 bridgehead atoms. The molecular weight excluding hydrogens is 284 g/mol. The van der Waals surface area contributed by atoms with Crippen LogP contribution in [0.5, 0.6) is 0 Å². The van der Waals surface area contributed by atoms with E-state index in [1.165, 1.54) is 31.4 Å². The van der Waals surface area contributed by atoms with Gasteiger partial charge in [0.1, 0.15) is 10.5 Å². The zero-order valence-corrected chi connectivity index (χ0v) is 12.0. The number of aryl methyl sites for hydroxylation is 1. The highest BCUT2D eigenvalue weighted by Crippen LogP contribution is 2.33. The van der Waals surface area contributed by atoms with E-state index in [-0.39, 0.29) is 0 Å². The lowest BCUT2D eigenvalue weighted by molar-refractivity contribution is 0.654. The number of aromatic amines is 1. The van der Waals surface area contributed by atoms with E-state index in [0.717, 1.165) is 23.1 Å². The number of aromatic nitrogens is 2. The summed E-state index contributed by atoms with van der Waals surface area (Å²) in [6.45, 7) is 2.18. The van der Waals surface area contributed by atoms with Crippen molar-refractivity contribution in [3.05, 3.63) is 20.6 Å². The molecule has 2 nitrogen and oxygen atoms in total. The van der Waals surface area contributed by atoms with E-state index >= 15 is 0 Å². The maximum Gasteiger partial charge on any atom is 0.144 e. The lowest BCUT2D eigenvalue weighted by Gasteiger charge is -2.12. The molecule has 0 aromatic carbocycles. The average Bonchev–Trinajstić information content (AvgIpc) is 2.78. The lowest BCUT2D eigenvalue weighted by Crippen LogP contribution is -2.05. The van der Waals surface area contributed by atoms with E-state index in [0.29, 0.717) is 10.6 Å². The number of nitrogens with one attached hydrogen (secondary N) is 1. The van der Waals surface area contributed by atoms with Gasteiger partial charge in [0.15, 0.2) is 0 Å². The van der Waals surface area contributed by atoms with Crippen LogP contribution in [0.2, 0.25) is 0 Å². The summed E-state index contributed by atoms with van der Waals surface area (Å²) in [7, 11) is 0. The van der Waals surface area contributed by atoms with Gasteiger partial charge in [-0.05, 0) is 35.2 Å². The van der Waals surface area contributed by atoms with Gasteiger partial charge in [0.25, 0.3) is 0 Å². The van der Waals surface area contributed by atoms with Crippen molar-refractivity contribution in [2.45, 2.75) is 51.4 Å². The molecule has 88 valence electrons. The van der Waals surface area contributed by atoms with Crippen LogP contribution in [0.3, 0.4) is 0 Å². The topological polar surface area (TPSA) is 28.7 Å². The van der Waals surface area contributed by atoms with Crippen LogP contribution in [0.25, 0.3) is 0 Å². The fourth-order valence-electron chi connectivity index (χ4n) is 2.34. The van der Waals surface area contributed by atoms with Crippen molar-refractivity contribution in [2.24, 2.45) is 0 Å². The van der Waals surface area contributed by atoms with Crippen LogP contribution in [-0.4, -0.2) is 9.97 Å². The Hall–Kier alpha value is -0.220. The minimum atomic E-state index is 0.602. The largest absolute Gasteiger partial charge is 0.346 e. The van der Waals surface area contributed by atoms with E-state index in [4.69, 9.17) is 12.2 Å². The van der Waals surface area contributed by atoms with Crippen molar-refractivity contribution in [2.75, 3.05) is 0 Å². The quantitative estimate of drug-likeness (QED) is 0.832. The minimum absolute atomic E-state index is 0.602. The highest BCUT2D eigenvalue weighted by atomic mass is 79.9. The Kier molecular flexibility index (Phi) is 4.14. The molecule has 0 spiro atoms. The molecule has 1 heterocycles. The number of H-pyrrole nitrogens is 1. The predicted octanol–water partition coefficient (Wildman–Crippen LogP) is 4.51. The molecule has 1 N–H and O–H groups in total. The van der Waals surface area contributed by atoms with Crippen LogP contribution >= 0.6 is 28.1 Å². The maximum absolute atomic E-state index is 5.30. The van der Waals surface area contributed by atoms with E-state index in [9.17, 15) is 0 Å². The molecule has 0 atom stereocenters. The van der Waals surface area contributed by atoms with Crippen LogP contribution in [0.4, 0.5) is 0 Å². The van der Waals surface area contributed by atoms with Gasteiger partial charge in [-0.3, -0.25) is 0 Å². The molecule has 1 fully saturated rings. The van der Waals surface area contributed by atoms with Gasteiger partial charge in [-0.2, -0.15) is 0 Å². The molecule has 1 aliphatic rings. The highest BCUT2D eigenvalue weighted by Gasteiger charge is 2.20. The molecule has 4 heteroatoms. The number of halogens is 1. The van der Waals surface area contributed by atoms with Gasteiger partial charge >= 0.3 is 0 Å². The fourth-order valence-corrected chi connectivity index (χ4v) is 2.95. The fraction of sp³-hybridized carbons (Fsp3) is 0.667. The second kappa shape index (κ2) is 5.41. The van der Waals surface area contributed by atoms with Gasteiger partial charge in [0.2, 0.25) is 0 Å². The van der Waals surface area contributed by atoms with Crippen molar-refractivity contribution in [1.82, 2.24) is 9.97 Å². The second-order valence-electron chi connectivity index (χ2n) is 4.45.